The molecule has 5 amide bonds. The first kappa shape index (κ1) is 42.3. The molecule has 0 spiro atoms. The van der Waals surface area contributed by atoms with Crippen molar-refractivity contribution in [3.8, 4) is 0 Å². The second kappa shape index (κ2) is 19.6. The lowest BCUT2D eigenvalue weighted by Gasteiger charge is -2.35. The van der Waals surface area contributed by atoms with Crippen molar-refractivity contribution in [1.82, 2.24) is 26.2 Å². The number of ether oxygens (including phenoxy) is 2. The third kappa shape index (κ3) is 12.2. The highest BCUT2D eigenvalue weighted by atomic mass is 19.3. The van der Waals surface area contributed by atoms with Crippen LogP contribution in [-0.2, 0) is 52.9 Å². The fraction of sp³-hybridized carbons (Fsp3) is 0.514. The standard InChI is InChI=1S/C37H49F2N5O9/c1-6-52-30(47)19-40-28(45)18-41-35(50)37(38,39)33(48)31(22(2)3)42-29(46)20-44(27-16-25-14-10-11-15-26(25)17-27)34(49)32(23(4)5)43-36(51)53-21-24-12-8-7-9-13-24/h7-15,22-23,27,31-33,48H,6,16-21H2,1-5H3,(H,40,45)(H,41,50)(H,42,46)(H,43,51)/t31-,32-,33?/m0/s1. The molecule has 2 aromatic rings. The van der Waals surface area contributed by atoms with Gasteiger partial charge in [-0.15, -0.1) is 0 Å². The first-order valence-electron chi connectivity index (χ1n) is 17.4. The number of alkyl halides is 2. The van der Waals surface area contributed by atoms with Gasteiger partial charge in [-0.3, -0.25) is 24.0 Å². The number of hydrogen-bond donors (Lipinski definition) is 5. The van der Waals surface area contributed by atoms with Crippen molar-refractivity contribution in [3.05, 3.63) is 71.3 Å². The number of aliphatic hydroxyl groups is 1. The Balaban J connectivity index is 1.74. The molecule has 0 heterocycles. The Kier molecular flexibility index (Phi) is 15.7. The van der Waals surface area contributed by atoms with E-state index in [9.17, 15) is 33.9 Å². The second-order valence-corrected chi connectivity index (χ2v) is 13.4. The van der Waals surface area contributed by atoms with E-state index in [0.29, 0.717) is 12.8 Å². The molecule has 0 saturated carbocycles. The Labute approximate surface area is 307 Å². The van der Waals surface area contributed by atoms with E-state index >= 15 is 8.78 Å². The van der Waals surface area contributed by atoms with E-state index in [2.05, 4.69) is 20.7 Å². The number of rotatable bonds is 18. The molecule has 0 saturated heterocycles. The number of nitrogens with zero attached hydrogens (tertiary/aromatic N) is 1. The van der Waals surface area contributed by atoms with Gasteiger partial charge in [0.05, 0.1) is 25.7 Å². The van der Waals surface area contributed by atoms with Crippen LogP contribution >= 0.6 is 0 Å². The third-order valence-electron chi connectivity index (χ3n) is 8.69. The monoisotopic (exact) mass is 745 g/mol. The van der Waals surface area contributed by atoms with Crippen molar-refractivity contribution in [2.75, 3.05) is 26.2 Å². The Morgan fingerprint density at radius 2 is 1.43 bits per heavy atom. The lowest BCUT2D eigenvalue weighted by molar-refractivity contribution is -0.169. The van der Waals surface area contributed by atoms with Crippen LogP contribution in [0.15, 0.2) is 54.6 Å². The minimum Gasteiger partial charge on any atom is -0.465 e. The number of amides is 5. The molecule has 5 N–H and O–H groups in total. The quantitative estimate of drug-likeness (QED) is 0.142. The molecule has 2 aromatic carbocycles. The number of nitrogens with one attached hydrogen (secondary N) is 4. The zero-order valence-corrected chi connectivity index (χ0v) is 30.5. The maximum Gasteiger partial charge on any atom is 0.408 e. The van der Waals surface area contributed by atoms with Crippen molar-refractivity contribution in [3.63, 3.8) is 0 Å². The summed E-state index contributed by atoms with van der Waals surface area (Å²) in [5, 5.41) is 19.6. The minimum atomic E-state index is -4.47. The minimum absolute atomic E-state index is 0.0417. The SMILES string of the molecule is CCOC(=O)CNC(=O)CNC(=O)C(F)(F)C(O)[C@@H](NC(=O)CN(C(=O)[C@@H](NC(=O)OCc1ccccc1)C(C)C)C1Cc2ccccc2C1)C(C)C. The smallest absolute Gasteiger partial charge is 0.408 e. The largest absolute Gasteiger partial charge is 0.465 e. The molecule has 0 aromatic heterocycles. The summed E-state index contributed by atoms with van der Waals surface area (Å²) in [4.78, 5) is 77.8. The van der Waals surface area contributed by atoms with Crippen molar-refractivity contribution in [1.29, 1.82) is 0 Å². The summed E-state index contributed by atoms with van der Waals surface area (Å²) >= 11 is 0. The lowest BCUT2D eigenvalue weighted by atomic mass is 9.93. The maximum atomic E-state index is 15.3. The summed E-state index contributed by atoms with van der Waals surface area (Å²) in [5.41, 5.74) is 2.66. The van der Waals surface area contributed by atoms with Crippen LogP contribution in [0.25, 0.3) is 0 Å². The Hall–Kier alpha value is -5.12. The Morgan fingerprint density at radius 3 is 2.00 bits per heavy atom. The average molecular weight is 746 g/mol. The zero-order chi connectivity index (χ0) is 39.3. The highest BCUT2D eigenvalue weighted by Gasteiger charge is 2.51. The summed E-state index contributed by atoms with van der Waals surface area (Å²) in [6, 6.07) is 13.1. The molecule has 290 valence electrons. The van der Waals surface area contributed by atoms with E-state index in [-0.39, 0.29) is 13.2 Å². The third-order valence-corrected chi connectivity index (χ3v) is 8.69. The number of alkyl carbamates (subject to hydrolysis) is 1. The predicted octanol–water partition coefficient (Wildman–Crippen LogP) is 1.87. The van der Waals surface area contributed by atoms with Crippen LogP contribution in [0.1, 0.15) is 51.3 Å². The van der Waals surface area contributed by atoms with E-state index in [1.807, 2.05) is 30.3 Å². The molecule has 14 nitrogen and oxygen atoms in total. The normalized spacial score (nSPS) is 14.4. The highest BCUT2D eigenvalue weighted by molar-refractivity contribution is 5.91. The highest BCUT2D eigenvalue weighted by Crippen LogP contribution is 2.28. The Morgan fingerprint density at radius 1 is 0.830 bits per heavy atom. The van der Waals surface area contributed by atoms with E-state index in [1.165, 1.54) is 18.7 Å². The van der Waals surface area contributed by atoms with Gasteiger partial charge in [-0.2, -0.15) is 8.78 Å². The molecule has 3 rings (SSSR count). The summed E-state index contributed by atoms with van der Waals surface area (Å²) in [5.74, 6) is -10.9. The summed E-state index contributed by atoms with van der Waals surface area (Å²) in [7, 11) is 0. The summed E-state index contributed by atoms with van der Waals surface area (Å²) in [6.45, 7) is 5.81. The molecular weight excluding hydrogens is 696 g/mol. The van der Waals surface area contributed by atoms with Crippen molar-refractivity contribution < 1.29 is 52.1 Å². The van der Waals surface area contributed by atoms with Crippen LogP contribution in [0.3, 0.4) is 0 Å². The fourth-order valence-corrected chi connectivity index (χ4v) is 5.81. The molecule has 0 radical (unpaired) electrons. The van der Waals surface area contributed by atoms with Crippen LogP contribution in [0.2, 0.25) is 0 Å². The number of aliphatic hydroxyl groups excluding tert-OH is 1. The van der Waals surface area contributed by atoms with Gasteiger partial charge in [0, 0.05) is 6.04 Å². The van der Waals surface area contributed by atoms with Crippen molar-refractivity contribution in [2.24, 2.45) is 11.8 Å². The molecule has 1 aliphatic rings. The first-order valence-corrected chi connectivity index (χ1v) is 17.4. The molecule has 3 atom stereocenters. The zero-order valence-electron chi connectivity index (χ0n) is 30.5. The number of halogens is 2. The first-order chi connectivity index (χ1) is 25.0. The average Bonchev–Trinajstić information content (AvgIpc) is 3.56. The molecule has 53 heavy (non-hydrogen) atoms. The molecule has 0 bridgehead atoms. The van der Waals surface area contributed by atoms with Gasteiger partial charge in [0.2, 0.25) is 17.7 Å². The van der Waals surface area contributed by atoms with Gasteiger partial charge >= 0.3 is 18.0 Å². The van der Waals surface area contributed by atoms with Crippen LogP contribution in [0, 0.1) is 11.8 Å². The van der Waals surface area contributed by atoms with Gasteiger partial charge < -0.3 is 40.7 Å². The molecule has 0 aliphatic heterocycles. The van der Waals surface area contributed by atoms with E-state index in [4.69, 9.17) is 4.74 Å². The molecule has 16 heteroatoms. The molecule has 0 fully saturated rings. The number of carbonyl (C=O) groups is 6. The van der Waals surface area contributed by atoms with E-state index < -0.39 is 97.3 Å². The topological polar surface area (TPSA) is 192 Å². The molecular formula is C37H49F2N5O9. The second-order valence-electron chi connectivity index (χ2n) is 13.4. The molecule has 1 unspecified atom stereocenters. The van der Waals surface area contributed by atoms with Crippen LogP contribution in [0.5, 0.6) is 0 Å². The number of esters is 1. The van der Waals surface area contributed by atoms with Crippen LogP contribution in [0.4, 0.5) is 13.6 Å². The van der Waals surface area contributed by atoms with Gasteiger partial charge in [-0.05, 0) is 48.3 Å². The Bertz CT molecular complexity index is 1570. The fourth-order valence-electron chi connectivity index (χ4n) is 5.81. The number of hydrogen-bond acceptors (Lipinski definition) is 9. The van der Waals surface area contributed by atoms with E-state index in [0.717, 1.165) is 16.7 Å². The van der Waals surface area contributed by atoms with E-state index in [1.54, 1.807) is 50.4 Å². The summed E-state index contributed by atoms with van der Waals surface area (Å²) in [6.07, 6.45) is -2.81. The van der Waals surface area contributed by atoms with Crippen molar-refractivity contribution >= 4 is 35.7 Å². The van der Waals surface area contributed by atoms with Gasteiger partial charge in [0.1, 0.15) is 25.3 Å². The van der Waals surface area contributed by atoms with Crippen LogP contribution < -0.4 is 21.3 Å². The number of benzene rings is 2. The van der Waals surface area contributed by atoms with Crippen LogP contribution in [-0.4, -0.2) is 102 Å². The maximum absolute atomic E-state index is 15.3. The van der Waals surface area contributed by atoms with Gasteiger partial charge in [-0.25, -0.2) is 4.79 Å². The summed E-state index contributed by atoms with van der Waals surface area (Å²) < 4.78 is 40.5. The molecule has 1 aliphatic carbocycles. The van der Waals surface area contributed by atoms with Gasteiger partial charge in [0.15, 0.2) is 0 Å². The van der Waals surface area contributed by atoms with Crippen molar-refractivity contribution in [2.45, 2.75) is 84.2 Å². The number of carbonyl (C=O) groups excluding carboxylic acids is 6. The van der Waals surface area contributed by atoms with Gasteiger partial charge in [0.25, 0.3) is 5.91 Å². The predicted molar refractivity (Wildman–Crippen MR) is 188 cm³/mol. The van der Waals surface area contributed by atoms with Gasteiger partial charge in [-0.1, -0.05) is 82.3 Å². The number of fused-ring (bicyclic) bond motifs is 1. The lowest BCUT2D eigenvalue weighted by Crippen LogP contribution is -2.61.